The van der Waals surface area contributed by atoms with Crippen LogP contribution in [0.1, 0.15) is 112 Å². The molecule has 12 rings (SSSR count). The zero-order valence-electron chi connectivity index (χ0n) is 37.9. The molecule has 1 heterocycles. The van der Waals surface area contributed by atoms with Crippen LogP contribution in [-0.4, -0.2) is 4.57 Å². The summed E-state index contributed by atoms with van der Waals surface area (Å²) in [5.41, 5.74) is 20.4. The first-order chi connectivity index (χ1) is 32.0. The van der Waals surface area contributed by atoms with Crippen molar-refractivity contribution >= 4 is 38.9 Å². The summed E-state index contributed by atoms with van der Waals surface area (Å²) in [5.74, 6) is 1.36. The molecule has 2 heteroatoms. The van der Waals surface area contributed by atoms with Gasteiger partial charge in [0.25, 0.3) is 0 Å². The minimum atomic E-state index is -0.294. The Hall–Kier alpha value is -6.64. The van der Waals surface area contributed by atoms with Gasteiger partial charge in [-0.25, -0.2) is 0 Å². The molecule has 0 saturated heterocycles. The van der Waals surface area contributed by atoms with Gasteiger partial charge in [-0.05, 0) is 154 Å². The SMILES string of the molecule is CC1(C)c2cc(N(c3ccc(C4CCCCC4)cc3)c3ccc(C4CCCCC4)cc3)ccc2-c2ccc3c4c(-c5ccccc5)cc(-c5ccccc5)cc4n(-c4ccccc4)c3c21. The summed E-state index contributed by atoms with van der Waals surface area (Å²) in [6.45, 7) is 4.92. The van der Waals surface area contributed by atoms with E-state index in [1.165, 1.54) is 164 Å². The molecule has 2 fully saturated rings. The van der Waals surface area contributed by atoms with E-state index in [0.29, 0.717) is 11.8 Å². The van der Waals surface area contributed by atoms with Crippen molar-refractivity contribution in [1.82, 2.24) is 4.57 Å². The van der Waals surface area contributed by atoms with E-state index in [1.807, 2.05) is 0 Å². The second-order valence-corrected chi connectivity index (χ2v) is 19.7. The molecule has 0 amide bonds. The first kappa shape index (κ1) is 39.9. The molecule has 320 valence electrons. The summed E-state index contributed by atoms with van der Waals surface area (Å²) >= 11 is 0. The molecule has 2 saturated carbocycles. The van der Waals surface area contributed by atoms with Gasteiger partial charge in [-0.15, -0.1) is 0 Å². The number of fused-ring (bicyclic) bond motifs is 7. The summed E-state index contributed by atoms with van der Waals surface area (Å²) in [4.78, 5) is 2.52. The molecule has 9 aromatic rings. The zero-order valence-corrected chi connectivity index (χ0v) is 37.9. The monoisotopic (exact) mass is 842 g/mol. The minimum Gasteiger partial charge on any atom is -0.310 e. The predicted octanol–water partition coefficient (Wildman–Crippen LogP) is 18.0. The maximum Gasteiger partial charge on any atom is 0.0588 e. The fourth-order valence-electron chi connectivity index (χ4n) is 12.2. The van der Waals surface area contributed by atoms with E-state index in [2.05, 4.69) is 205 Å². The molecule has 65 heavy (non-hydrogen) atoms. The Morgan fingerprint density at radius 3 is 1.55 bits per heavy atom. The topological polar surface area (TPSA) is 8.17 Å². The predicted molar refractivity (Wildman–Crippen MR) is 276 cm³/mol. The Labute approximate surface area is 385 Å². The maximum absolute atomic E-state index is 2.57. The van der Waals surface area contributed by atoms with Crippen molar-refractivity contribution in [3.05, 3.63) is 204 Å². The normalized spacial score (nSPS) is 16.2. The molecule has 0 atom stereocenters. The van der Waals surface area contributed by atoms with Crippen molar-refractivity contribution in [2.45, 2.75) is 95.3 Å². The molecule has 3 aliphatic rings. The highest BCUT2D eigenvalue weighted by molar-refractivity contribution is 6.19. The molecular weight excluding hydrogens is 785 g/mol. The third-order valence-electron chi connectivity index (χ3n) is 15.5. The van der Waals surface area contributed by atoms with Crippen LogP contribution >= 0.6 is 0 Å². The van der Waals surface area contributed by atoms with Crippen molar-refractivity contribution in [2.75, 3.05) is 4.90 Å². The third kappa shape index (κ3) is 6.92. The maximum atomic E-state index is 2.57. The Morgan fingerprint density at radius 2 is 0.969 bits per heavy atom. The summed E-state index contributed by atoms with van der Waals surface area (Å²) in [6.07, 6.45) is 13.4. The Kier molecular flexibility index (Phi) is 10.1. The molecule has 0 spiro atoms. The van der Waals surface area contributed by atoms with Crippen molar-refractivity contribution in [2.24, 2.45) is 0 Å². The number of anilines is 3. The number of aromatic nitrogens is 1. The lowest BCUT2D eigenvalue weighted by Crippen LogP contribution is -2.18. The van der Waals surface area contributed by atoms with Crippen LogP contribution in [0.3, 0.4) is 0 Å². The van der Waals surface area contributed by atoms with E-state index in [4.69, 9.17) is 0 Å². The smallest absolute Gasteiger partial charge is 0.0588 e. The molecule has 2 nitrogen and oxygen atoms in total. The summed E-state index contributed by atoms with van der Waals surface area (Å²) < 4.78 is 2.57. The Balaban J connectivity index is 1.04. The van der Waals surface area contributed by atoms with Gasteiger partial charge in [0, 0.05) is 38.9 Å². The molecule has 3 aliphatic carbocycles. The van der Waals surface area contributed by atoms with Gasteiger partial charge in [-0.2, -0.15) is 0 Å². The first-order valence-electron chi connectivity index (χ1n) is 24.5. The van der Waals surface area contributed by atoms with Gasteiger partial charge >= 0.3 is 0 Å². The lowest BCUT2D eigenvalue weighted by atomic mass is 9.81. The zero-order chi connectivity index (χ0) is 43.5. The summed E-state index contributed by atoms with van der Waals surface area (Å²) in [6, 6.07) is 69.2. The van der Waals surface area contributed by atoms with Crippen molar-refractivity contribution in [3.63, 3.8) is 0 Å². The Bertz CT molecular complexity index is 3080. The number of para-hydroxylation sites is 1. The van der Waals surface area contributed by atoms with Gasteiger partial charge in [-0.1, -0.05) is 174 Å². The van der Waals surface area contributed by atoms with Gasteiger partial charge in [-0.3, -0.25) is 0 Å². The standard InChI is InChI=1S/C63H58N2/c1-63(2)58-42-53(64(51-32-28-46(29-33-51)43-18-8-3-9-19-43)52-34-30-47(31-35-52)44-20-10-4-11-21-44)36-37-54(58)55-38-39-56-60-57(48-24-14-6-15-25-48)40-49(45-22-12-5-13-23-45)41-59(60)65(62(56)61(55)63)50-26-16-7-17-27-50/h5-7,12-17,22-44H,3-4,8-11,18-21H2,1-2H3. The van der Waals surface area contributed by atoms with Crippen LogP contribution in [0.2, 0.25) is 0 Å². The minimum absolute atomic E-state index is 0.294. The van der Waals surface area contributed by atoms with Crippen LogP contribution in [0.15, 0.2) is 182 Å². The average molecular weight is 843 g/mol. The highest BCUT2D eigenvalue weighted by atomic mass is 15.1. The van der Waals surface area contributed by atoms with E-state index < -0.39 is 0 Å². The summed E-state index contributed by atoms with van der Waals surface area (Å²) in [5, 5.41) is 2.59. The van der Waals surface area contributed by atoms with Gasteiger partial charge in [0.05, 0.1) is 11.0 Å². The highest BCUT2D eigenvalue weighted by Crippen LogP contribution is 2.55. The van der Waals surface area contributed by atoms with Crippen molar-refractivity contribution < 1.29 is 0 Å². The van der Waals surface area contributed by atoms with Crippen molar-refractivity contribution in [1.29, 1.82) is 0 Å². The molecule has 0 aliphatic heterocycles. The second kappa shape index (κ2) is 16.4. The number of nitrogens with zero attached hydrogens (tertiary/aromatic N) is 2. The van der Waals surface area contributed by atoms with Crippen molar-refractivity contribution in [3.8, 4) is 39.1 Å². The van der Waals surface area contributed by atoms with Gasteiger partial charge in [0.15, 0.2) is 0 Å². The summed E-state index contributed by atoms with van der Waals surface area (Å²) in [7, 11) is 0. The molecule has 0 unspecified atom stereocenters. The average Bonchev–Trinajstić information content (AvgIpc) is 3.83. The lowest BCUT2D eigenvalue weighted by Gasteiger charge is -2.29. The van der Waals surface area contributed by atoms with Crippen LogP contribution in [0.5, 0.6) is 0 Å². The second-order valence-electron chi connectivity index (χ2n) is 19.7. The Morgan fingerprint density at radius 1 is 0.446 bits per heavy atom. The fourth-order valence-corrected chi connectivity index (χ4v) is 12.2. The quantitative estimate of drug-likeness (QED) is 0.148. The van der Waals surface area contributed by atoms with E-state index in [0.717, 1.165) is 0 Å². The lowest BCUT2D eigenvalue weighted by molar-refractivity contribution is 0.443. The largest absolute Gasteiger partial charge is 0.310 e. The number of hydrogen-bond donors (Lipinski definition) is 0. The van der Waals surface area contributed by atoms with Crippen LogP contribution in [0, 0.1) is 0 Å². The van der Waals surface area contributed by atoms with Crippen LogP contribution < -0.4 is 4.90 Å². The highest BCUT2D eigenvalue weighted by Gasteiger charge is 2.39. The number of hydrogen-bond acceptors (Lipinski definition) is 1. The third-order valence-corrected chi connectivity index (χ3v) is 15.5. The van der Waals surface area contributed by atoms with Gasteiger partial charge in [0.1, 0.15) is 0 Å². The van der Waals surface area contributed by atoms with Gasteiger partial charge in [0.2, 0.25) is 0 Å². The van der Waals surface area contributed by atoms with Crippen LogP contribution in [0.4, 0.5) is 17.1 Å². The van der Waals surface area contributed by atoms with Crippen LogP contribution in [-0.2, 0) is 5.41 Å². The first-order valence-corrected chi connectivity index (χ1v) is 24.5. The van der Waals surface area contributed by atoms with Crippen LogP contribution in [0.25, 0.3) is 60.9 Å². The van der Waals surface area contributed by atoms with Gasteiger partial charge < -0.3 is 9.47 Å². The van der Waals surface area contributed by atoms with E-state index in [-0.39, 0.29) is 5.41 Å². The number of benzene rings is 8. The van der Waals surface area contributed by atoms with E-state index >= 15 is 0 Å². The molecule has 8 aromatic carbocycles. The van der Waals surface area contributed by atoms with E-state index in [1.54, 1.807) is 0 Å². The molecule has 0 N–H and O–H groups in total. The molecule has 1 aromatic heterocycles. The molecule has 0 radical (unpaired) electrons. The molecule has 0 bridgehead atoms. The number of rotatable bonds is 8. The molecular formula is C63H58N2. The fraction of sp³-hybridized carbons (Fsp3) is 0.238. The van der Waals surface area contributed by atoms with E-state index in [9.17, 15) is 0 Å².